The second kappa shape index (κ2) is 4.87. The predicted octanol–water partition coefficient (Wildman–Crippen LogP) is 3.52. The van der Waals surface area contributed by atoms with Crippen molar-refractivity contribution < 1.29 is 14.1 Å². The minimum atomic E-state index is -0.305. The van der Waals surface area contributed by atoms with Gasteiger partial charge >= 0.3 is 0 Å². The molecule has 0 radical (unpaired) electrons. The van der Waals surface area contributed by atoms with Crippen LogP contribution in [-0.2, 0) is 5.41 Å². The van der Waals surface area contributed by atoms with Crippen LogP contribution in [0.4, 0.5) is 4.39 Å². The molecule has 2 heterocycles. The number of ether oxygens (including phenoxy) is 1. The average molecular weight is 325 g/mol. The minimum absolute atomic E-state index is 0.136. The van der Waals surface area contributed by atoms with Crippen LogP contribution >= 0.6 is 0 Å². The first-order chi connectivity index (χ1) is 11.4. The van der Waals surface area contributed by atoms with E-state index >= 15 is 0 Å². The van der Waals surface area contributed by atoms with E-state index in [0.717, 1.165) is 33.0 Å². The van der Waals surface area contributed by atoms with Crippen molar-refractivity contribution in [3.63, 3.8) is 0 Å². The number of rotatable bonds is 1. The third-order valence-electron chi connectivity index (χ3n) is 4.21. The van der Waals surface area contributed by atoms with Gasteiger partial charge in [-0.2, -0.15) is 0 Å². The summed E-state index contributed by atoms with van der Waals surface area (Å²) < 4.78 is 19.3. The molecule has 2 aromatic carbocycles. The van der Waals surface area contributed by atoms with Crippen LogP contribution < -0.4 is 9.72 Å². The smallest absolute Gasteiger partial charge is 0.294 e. The lowest BCUT2D eigenvalue weighted by atomic mass is 9.96. The van der Waals surface area contributed by atoms with Crippen molar-refractivity contribution in [2.45, 2.75) is 26.2 Å². The third-order valence-corrected chi connectivity index (χ3v) is 4.21. The van der Waals surface area contributed by atoms with Gasteiger partial charge in [0.15, 0.2) is 0 Å². The SMILES string of the molecule is COc1[nH+]cnc2c3[nH]c(C(C)(C)C)nc3c3ccc(F)cc3c12. The Bertz CT molecular complexity index is 1100. The summed E-state index contributed by atoms with van der Waals surface area (Å²) in [5.74, 6) is 1.11. The van der Waals surface area contributed by atoms with Crippen molar-refractivity contribution >= 4 is 32.7 Å². The molecule has 4 aromatic rings. The average Bonchev–Trinajstić information content (AvgIpc) is 3.00. The highest BCUT2D eigenvalue weighted by atomic mass is 19.1. The number of nitrogens with zero attached hydrogens (tertiary/aromatic N) is 2. The Hall–Kier alpha value is -2.76. The van der Waals surface area contributed by atoms with Crippen LogP contribution in [-0.4, -0.2) is 22.1 Å². The molecule has 6 heteroatoms. The van der Waals surface area contributed by atoms with E-state index in [2.05, 4.69) is 35.7 Å². The molecule has 0 saturated heterocycles. The van der Waals surface area contributed by atoms with Gasteiger partial charge in [-0.05, 0) is 23.2 Å². The van der Waals surface area contributed by atoms with Gasteiger partial charge in [0, 0.05) is 16.2 Å². The lowest BCUT2D eigenvalue weighted by Crippen LogP contribution is -2.13. The largest absolute Gasteiger partial charge is 0.465 e. The maximum atomic E-state index is 13.9. The maximum Gasteiger partial charge on any atom is 0.294 e. The number of aromatic nitrogens is 4. The molecule has 0 aliphatic heterocycles. The predicted molar refractivity (Wildman–Crippen MR) is 90.7 cm³/mol. The molecule has 0 unspecified atom stereocenters. The molecular formula is C18H18FN4O+. The van der Waals surface area contributed by atoms with Gasteiger partial charge in [-0.25, -0.2) is 14.4 Å². The number of imidazole rings is 1. The Morgan fingerprint density at radius 2 is 1.96 bits per heavy atom. The standard InChI is InChI=1S/C18H17FN4O/c1-18(2,3)17-22-13-10-6-5-9(19)7-11(10)12-14(15(13)23-17)20-8-21-16(12)24-4/h5-8H,1-4H3,(H,22,23)/p+1. The molecule has 0 saturated carbocycles. The quantitative estimate of drug-likeness (QED) is 0.545. The number of nitrogens with one attached hydrogen (secondary N) is 2. The van der Waals surface area contributed by atoms with Gasteiger partial charge in [0.1, 0.15) is 28.1 Å². The molecule has 122 valence electrons. The number of fused-ring (bicyclic) bond motifs is 6. The molecule has 0 fully saturated rings. The summed E-state index contributed by atoms with van der Waals surface area (Å²) in [6.07, 6.45) is 1.57. The summed E-state index contributed by atoms with van der Waals surface area (Å²) in [4.78, 5) is 15.6. The molecule has 5 nitrogen and oxygen atoms in total. The van der Waals surface area contributed by atoms with Crippen molar-refractivity contribution in [3.8, 4) is 5.88 Å². The summed E-state index contributed by atoms with van der Waals surface area (Å²) in [7, 11) is 1.58. The molecule has 0 aliphatic rings. The van der Waals surface area contributed by atoms with Crippen LogP contribution in [0.1, 0.15) is 26.6 Å². The molecular weight excluding hydrogens is 307 g/mol. The van der Waals surface area contributed by atoms with Gasteiger partial charge in [-0.3, -0.25) is 0 Å². The zero-order chi connectivity index (χ0) is 17.1. The first-order valence-corrected chi connectivity index (χ1v) is 7.76. The Balaban J connectivity index is 2.30. The van der Waals surface area contributed by atoms with Gasteiger partial charge in [-0.1, -0.05) is 20.8 Å². The summed E-state index contributed by atoms with van der Waals surface area (Å²) in [6, 6.07) is 4.71. The van der Waals surface area contributed by atoms with E-state index in [1.807, 2.05) is 0 Å². The van der Waals surface area contributed by atoms with Crippen LogP contribution in [0.3, 0.4) is 0 Å². The van der Waals surface area contributed by atoms with Gasteiger partial charge < -0.3 is 9.72 Å². The second-order valence-electron chi connectivity index (χ2n) is 6.91. The highest BCUT2D eigenvalue weighted by Gasteiger charge is 2.25. The molecule has 0 amide bonds. The molecule has 0 aliphatic carbocycles. The third kappa shape index (κ3) is 2.02. The van der Waals surface area contributed by atoms with E-state index in [1.54, 1.807) is 19.5 Å². The van der Waals surface area contributed by atoms with Gasteiger partial charge in [0.05, 0.1) is 7.11 Å². The number of hydrogen-bond acceptors (Lipinski definition) is 3. The van der Waals surface area contributed by atoms with E-state index in [4.69, 9.17) is 9.72 Å². The molecule has 4 rings (SSSR count). The number of benzene rings is 2. The number of methoxy groups -OCH3 is 1. The van der Waals surface area contributed by atoms with Crippen LogP contribution in [0.2, 0.25) is 0 Å². The van der Waals surface area contributed by atoms with Gasteiger partial charge in [-0.15, -0.1) is 0 Å². The maximum absolute atomic E-state index is 13.9. The fourth-order valence-electron chi connectivity index (χ4n) is 3.02. The second-order valence-corrected chi connectivity index (χ2v) is 6.91. The Morgan fingerprint density at radius 3 is 2.67 bits per heavy atom. The molecule has 2 aromatic heterocycles. The number of aromatic amines is 2. The topological polar surface area (TPSA) is 64.9 Å². The van der Waals surface area contributed by atoms with Crippen LogP contribution in [0, 0.1) is 5.82 Å². The summed E-state index contributed by atoms with van der Waals surface area (Å²) >= 11 is 0. The highest BCUT2D eigenvalue weighted by molar-refractivity contribution is 6.23. The van der Waals surface area contributed by atoms with Gasteiger partial charge in [0.25, 0.3) is 12.2 Å². The Labute approximate surface area is 137 Å². The first-order valence-electron chi connectivity index (χ1n) is 7.76. The lowest BCUT2D eigenvalue weighted by Gasteiger charge is -2.13. The van der Waals surface area contributed by atoms with Crippen molar-refractivity contribution in [1.29, 1.82) is 0 Å². The van der Waals surface area contributed by atoms with Crippen LogP contribution in [0.25, 0.3) is 32.7 Å². The normalized spacial score (nSPS) is 12.4. The summed E-state index contributed by atoms with van der Waals surface area (Å²) in [6.45, 7) is 6.28. The van der Waals surface area contributed by atoms with E-state index in [-0.39, 0.29) is 11.2 Å². The first kappa shape index (κ1) is 14.8. The monoisotopic (exact) mass is 325 g/mol. The number of hydrogen-bond donors (Lipinski definition) is 1. The molecule has 0 bridgehead atoms. The van der Waals surface area contributed by atoms with Crippen LogP contribution in [0.5, 0.6) is 5.88 Å². The van der Waals surface area contributed by atoms with E-state index in [1.165, 1.54) is 12.1 Å². The highest BCUT2D eigenvalue weighted by Crippen LogP contribution is 2.37. The zero-order valence-corrected chi connectivity index (χ0v) is 14.0. The van der Waals surface area contributed by atoms with Crippen molar-refractivity contribution in [2.75, 3.05) is 7.11 Å². The van der Waals surface area contributed by atoms with Gasteiger partial charge in [0.2, 0.25) is 5.52 Å². The van der Waals surface area contributed by atoms with E-state index in [0.29, 0.717) is 11.4 Å². The van der Waals surface area contributed by atoms with Crippen molar-refractivity contribution in [1.82, 2.24) is 15.0 Å². The summed E-state index contributed by atoms with van der Waals surface area (Å²) in [5.41, 5.74) is 2.20. The van der Waals surface area contributed by atoms with E-state index < -0.39 is 0 Å². The molecule has 2 N–H and O–H groups in total. The molecule has 0 spiro atoms. The van der Waals surface area contributed by atoms with Crippen LogP contribution in [0.15, 0.2) is 24.5 Å². The number of H-pyrrole nitrogens is 2. The lowest BCUT2D eigenvalue weighted by molar-refractivity contribution is -0.394. The Kier molecular flexibility index (Phi) is 3.00. The summed E-state index contributed by atoms with van der Waals surface area (Å²) in [5, 5.41) is 2.34. The zero-order valence-electron chi connectivity index (χ0n) is 14.0. The Morgan fingerprint density at radius 1 is 1.17 bits per heavy atom. The van der Waals surface area contributed by atoms with Crippen molar-refractivity contribution in [3.05, 3.63) is 36.2 Å². The number of halogens is 1. The molecule has 24 heavy (non-hydrogen) atoms. The molecule has 0 atom stereocenters. The fourth-order valence-corrected chi connectivity index (χ4v) is 3.02. The van der Waals surface area contributed by atoms with E-state index in [9.17, 15) is 4.39 Å². The fraction of sp³-hybridized carbons (Fsp3) is 0.278. The van der Waals surface area contributed by atoms with Crippen molar-refractivity contribution in [2.24, 2.45) is 0 Å². The minimum Gasteiger partial charge on any atom is -0.465 e.